The average molecular weight is 491 g/mol. The second-order valence-corrected chi connectivity index (χ2v) is 10.8. The van der Waals surface area contributed by atoms with Crippen LogP contribution in [0.1, 0.15) is 30.4 Å². The molecule has 0 radical (unpaired) electrons. The highest BCUT2D eigenvalue weighted by molar-refractivity contribution is 7.87. The van der Waals surface area contributed by atoms with Crippen LogP contribution in [-0.2, 0) is 33.3 Å². The maximum absolute atomic E-state index is 12.8. The van der Waals surface area contributed by atoms with Crippen molar-refractivity contribution < 1.29 is 38.7 Å². The van der Waals surface area contributed by atoms with Crippen molar-refractivity contribution >= 4 is 20.2 Å². The van der Waals surface area contributed by atoms with Crippen molar-refractivity contribution in [1.82, 2.24) is 0 Å². The summed E-state index contributed by atoms with van der Waals surface area (Å²) in [5.74, 6) is 0. The SMILES string of the molecule is Cc1ccc(S(=O)(=O)OC2CC(OC(F)F)CC(OS(=O)(=O)c3ccc(C)cc3)C2)cc1. The first-order valence-corrected chi connectivity index (χ1v) is 12.7. The molecular weight excluding hydrogens is 466 g/mol. The number of aryl methyl sites for hydroxylation is 2. The molecule has 3 rings (SSSR count). The zero-order valence-electron chi connectivity index (χ0n) is 17.5. The zero-order chi connectivity index (χ0) is 23.5. The Bertz CT molecular complexity index is 1030. The van der Waals surface area contributed by atoms with Crippen molar-refractivity contribution in [2.24, 2.45) is 0 Å². The van der Waals surface area contributed by atoms with Crippen molar-refractivity contribution in [2.45, 2.75) is 67.8 Å². The van der Waals surface area contributed by atoms with Crippen molar-refractivity contribution in [3.63, 3.8) is 0 Å². The Labute approximate surface area is 186 Å². The summed E-state index contributed by atoms with van der Waals surface area (Å²) in [5, 5.41) is 0. The topological polar surface area (TPSA) is 96.0 Å². The number of alkyl halides is 2. The lowest BCUT2D eigenvalue weighted by Crippen LogP contribution is -2.39. The van der Waals surface area contributed by atoms with Gasteiger partial charge in [-0.05, 0) is 38.1 Å². The Morgan fingerprint density at radius 1 is 0.688 bits per heavy atom. The van der Waals surface area contributed by atoms with E-state index in [1.54, 1.807) is 38.1 Å². The maximum Gasteiger partial charge on any atom is 0.345 e. The van der Waals surface area contributed by atoms with Crippen LogP contribution in [0.2, 0.25) is 0 Å². The molecule has 0 spiro atoms. The third kappa shape index (κ3) is 6.55. The minimum Gasteiger partial charge on any atom is -0.319 e. The molecule has 2 atom stereocenters. The number of benzene rings is 2. The Balaban J connectivity index is 1.78. The quantitative estimate of drug-likeness (QED) is 0.517. The van der Waals surface area contributed by atoms with Gasteiger partial charge in [0.2, 0.25) is 0 Å². The summed E-state index contributed by atoms with van der Waals surface area (Å²) < 4.78 is 91.1. The first-order valence-electron chi connectivity index (χ1n) is 9.88. The fourth-order valence-corrected chi connectivity index (χ4v) is 5.65. The predicted octanol–water partition coefficient (Wildman–Crippen LogP) is 3.94. The van der Waals surface area contributed by atoms with Gasteiger partial charge in [-0.1, -0.05) is 35.4 Å². The van der Waals surface area contributed by atoms with Crippen LogP contribution in [0.3, 0.4) is 0 Å². The van der Waals surface area contributed by atoms with Gasteiger partial charge in [-0.15, -0.1) is 0 Å². The highest BCUT2D eigenvalue weighted by Crippen LogP contribution is 2.31. The summed E-state index contributed by atoms with van der Waals surface area (Å²) in [6.45, 7) is 0.476. The van der Waals surface area contributed by atoms with Gasteiger partial charge in [0.25, 0.3) is 20.2 Å². The number of halogens is 2. The number of hydrogen-bond donors (Lipinski definition) is 0. The van der Waals surface area contributed by atoms with Crippen molar-refractivity contribution in [2.75, 3.05) is 0 Å². The van der Waals surface area contributed by atoms with Gasteiger partial charge < -0.3 is 4.74 Å². The first-order chi connectivity index (χ1) is 14.9. The van der Waals surface area contributed by atoms with Gasteiger partial charge in [-0.25, -0.2) is 0 Å². The van der Waals surface area contributed by atoms with Gasteiger partial charge in [0.15, 0.2) is 0 Å². The molecule has 1 aliphatic carbocycles. The predicted molar refractivity (Wildman–Crippen MR) is 111 cm³/mol. The largest absolute Gasteiger partial charge is 0.345 e. The molecule has 0 bridgehead atoms. The monoisotopic (exact) mass is 490 g/mol. The minimum absolute atomic E-state index is 0.0928. The normalized spacial score (nSPS) is 22.2. The van der Waals surface area contributed by atoms with E-state index in [-0.39, 0.29) is 29.1 Å². The fraction of sp³-hybridized carbons (Fsp3) is 0.429. The van der Waals surface area contributed by atoms with E-state index < -0.39 is 45.2 Å². The molecule has 2 aromatic rings. The maximum atomic E-state index is 12.8. The van der Waals surface area contributed by atoms with Crippen LogP contribution in [-0.4, -0.2) is 41.8 Å². The second-order valence-electron chi connectivity index (χ2n) is 7.70. The van der Waals surface area contributed by atoms with E-state index in [2.05, 4.69) is 4.74 Å². The fourth-order valence-electron chi connectivity index (χ4n) is 3.46. The summed E-state index contributed by atoms with van der Waals surface area (Å²) in [7, 11) is -8.40. The number of ether oxygens (including phenoxy) is 1. The smallest absolute Gasteiger partial charge is 0.319 e. The van der Waals surface area contributed by atoms with Gasteiger partial charge in [0, 0.05) is 19.3 Å². The van der Waals surface area contributed by atoms with E-state index in [0.717, 1.165) is 11.1 Å². The van der Waals surface area contributed by atoms with Crippen LogP contribution in [0.15, 0.2) is 58.3 Å². The van der Waals surface area contributed by atoms with Gasteiger partial charge in [-0.3, -0.25) is 8.37 Å². The Morgan fingerprint density at radius 3 is 1.38 bits per heavy atom. The first kappa shape index (κ1) is 24.7. The molecule has 32 heavy (non-hydrogen) atoms. The molecule has 0 heterocycles. The molecule has 1 saturated carbocycles. The van der Waals surface area contributed by atoms with E-state index in [4.69, 9.17) is 8.37 Å². The molecule has 2 aromatic carbocycles. The Morgan fingerprint density at radius 2 is 1.03 bits per heavy atom. The highest BCUT2D eigenvalue weighted by Gasteiger charge is 2.37. The van der Waals surface area contributed by atoms with E-state index in [9.17, 15) is 25.6 Å². The lowest BCUT2D eigenvalue weighted by molar-refractivity contribution is -0.182. The van der Waals surface area contributed by atoms with Gasteiger partial charge in [0.05, 0.1) is 28.1 Å². The molecule has 0 aromatic heterocycles. The molecule has 0 aliphatic heterocycles. The van der Waals surface area contributed by atoms with Crippen LogP contribution >= 0.6 is 0 Å². The Kier molecular flexibility index (Phi) is 7.66. The molecule has 0 saturated heterocycles. The summed E-state index contributed by atoms with van der Waals surface area (Å²) in [4.78, 5) is -0.186. The molecule has 1 aliphatic rings. The Hall–Kier alpha value is -1.92. The minimum atomic E-state index is -4.20. The van der Waals surface area contributed by atoms with E-state index in [0.29, 0.717) is 0 Å². The molecule has 1 fully saturated rings. The third-order valence-corrected chi connectivity index (χ3v) is 7.77. The molecular formula is C21H24F2O7S2. The number of hydrogen-bond acceptors (Lipinski definition) is 7. The average Bonchev–Trinajstić information content (AvgIpc) is 2.67. The van der Waals surface area contributed by atoms with E-state index in [1.807, 2.05) is 0 Å². The molecule has 11 heteroatoms. The van der Waals surface area contributed by atoms with Crippen molar-refractivity contribution in [3.8, 4) is 0 Å². The molecule has 7 nitrogen and oxygen atoms in total. The number of rotatable bonds is 8. The van der Waals surface area contributed by atoms with Crippen molar-refractivity contribution in [3.05, 3.63) is 59.7 Å². The summed E-state index contributed by atoms with van der Waals surface area (Å²) >= 11 is 0. The van der Waals surface area contributed by atoms with Crippen LogP contribution < -0.4 is 0 Å². The summed E-state index contributed by atoms with van der Waals surface area (Å²) in [5.41, 5.74) is 1.70. The molecule has 0 amide bonds. The zero-order valence-corrected chi connectivity index (χ0v) is 19.1. The van der Waals surface area contributed by atoms with Crippen molar-refractivity contribution in [1.29, 1.82) is 0 Å². The summed E-state index contributed by atoms with van der Waals surface area (Å²) in [6.07, 6.45) is -3.77. The molecule has 0 N–H and O–H groups in total. The van der Waals surface area contributed by atoms with Gasteiger partial charge >= 0.3 is 6.61 Å². The van der Waals surface area contributed by atoms with E-state index in [1.165, 1.54) is 24.3 Å². The molecule has 2 unspecified atom stereocenters. The van der Waals surface area contributed by atoms with Crippen LogP contribution in [0.25, 0.3) is 0 Å². The van der Waals surface area contributed by atoms with Gasteiger partial charge in [0.1, 0.15) is 0 Å². The van der Waals surface area contributed by atoms with Crippen LogP contribution in [0.4, 0.5) is 8.78 Å². The van der Waals surface area contributed by atoms with Crippen LogP contribution in [0, 0.1) is 13.8 Å². The lowest BCUT2D eigenvalue weighted by atomic mass is 9.92. The van der Waals surface area contributed by atoms with E-state index >= 15 is 0 Å². The third-order valence-electron chi connectivity index (χ3n) is 5.02. The molecule has 176 valence electrons. The summed E-state index contributed by atoms with van der Waals surface area (Å²) in [6, 6.07) is 11.9. The second kappa shape index (κ2) is 9.92. The van der Waals surface area contributed by atoms with Gasteiger partial charge in [-0.2, -0.15) is 25.6 Å². The lowest BCUT2D eigenvalue weighted by Gasteiger charge is -2.33. The standard InChI is InChI=1S/C21H24F2O7S2/c1-14-3-7-19(8-4-14)31(24,25)29-17-11-16(28-21(22)23)12-18(13-17)30-32(26,27)20-9-5-15(2)6-10-20/h3-10,16-18,21H,11-13H2,1-2H3. The van der Waals surface area contributed by atoms with Crippen LogP contribution in [0.5, 0.6) is 0 Å². The highest BCUT2D eigenvalue weighted by atomic mass is 32.2.